The van der Waals surface area contributed by atoms with E-state index in [2.05, 4.69) is 48.5 Å². The van der Waals surface area contributed by atoms with Gasteiger partial charge < -0.3 is 10.5 Å². The molecule has 1 fully saturated rings. The second-order valence-corrected chi connectivity index (χ2v) is 5.54. The molecule has 0 saturated carbocycles. The first kappa shape index (κ1) is 13.3. The Bertz CT molecular complexity index is 541. The molecule has 1 saturated heterocycles. The van der Waals surface area contributed by atoms with Gasteiger partial charge in [0.15, 0.2) is 0 Å². The molecular weight excluding hydrogens is 246 g/mol. The van der Waals surface area contributed by atoms with E-state index < -0.39 is 0 Å². The molecule has 2 aromatic rings. The van der Waals surface area contributed by atoms with Gasteiger partial charge in [0.05, 0.1) is 0 Å². The lowest BCUT2D eigenvalue weighted by molar-refractivity contribution is 0.0530. The second-order valence-electron chi connectivity index (χ2n) is 5.54. The first-order chi connectivity index (χ1) is 9.84. The fourth-order valence-corrected chi connectivity index (χ4v) is 3.02. The van der Waals surface area contributed by atoms with Crippen LogP contribution in [0.3, 0.4) is 0 Å². The second kappa shape index (κ2) is 5.78. The Kier molecular flexibility index (Phi) is 3.86. The van der Waals surface area contributed by atoms with E-state index in [1.807, 2.05) is 6.07 Å². The Morgan fingerprint density at radius 3 is 2.05 bits per heavy atom. The van der Waals surface area contributed by atoms with Crippen LogP contribution in [0.2, 0.25) is 0 Å². The van der Waals surface area contributed by atoms with E-state index in [9.17, 15) is 0 Å². The molecule has 0 bridgehead atoms. The van der Waals surface area contributed by atoms with Gasteiger partial charge in [-0.15, -0.1) is 0 Å². The highest BCUT2D eigenvalue weighted by molar-refractivity contribution is 5.63. The van der Waals surface area contributed by atoms with E-state index in [1.54, 1.807) is 0 Å². The minimum Gasteiger partial charge on any atom is -0.381 e. The molecule has 0 unspecified atom stereocenters. The Balaban J connectivity index is 1.89. The molecule has 0 spiro atoms. The van der Waals surface area contributed by atoms with Crippen LogP contribution in [0.1, 0.15) is 18.4 Å². The maximum Gasteiger partial charge on any atom is 0.0475 e. The van der Waals surface area contributed by atoms with Gasteiger partial charge in [-0.3, -0.25) is 0 Å². The van der Waals surface area contributed by atoms with E-state index >= 15 is 0 Å². The third kappa shape index (κ3) is 2.49. The summed E-state index contributed by atoms with van der Waals surface area (Å²) in [5.74, 6) is 0. The predicted molar refractivity (Wildman–Crippen MR) is 82.7 cm³/mol. The topological polar surface area (TPSA) is 35.2 Å². The SMILES string of the molecule is NCC1(c2ccc(-c3ccccc3)cc2)CCOCC1. The zero-order valence-corrected chi connectivity index (χ0v) is 11.7. The fourth-order valence-electron chi connectivity index (χ4n) is 3.02. The van der Waals surface area contributed by atoms with Gasteiger partial charge in [0.2, 0.25) is 0 Å². The van der Waals surface area contributed by atoms with Gasteiger partial charge in [-0.05, 0) is 29.5 Å². The summed E-state index contributed by atoms with van der Waals surface area (Å²) in [4.78, 5) is 0. The smallest absolute Gasteiger partial charge is 0.0475 e. The van der Waals surface area contributed by atoms with Crippen LogP contribution in [-0.4, -0.2) is 19.8 Å². The molecule has 0 atom stereocenters. The summed E-state index contributed by atoms with van der Waals surface area (Å²) in [5, 5.41) is 0. The zero-order valence-electron chi connectivity index (χ0n) is 11.7. The molecule has 104 valence electrons. The van der Waals surface area contributed by atoms with Gasteiger partial charge in [-0.2, -0.15) is 0 Å². The van der Waals surface area contributed by atoms with Crippen molar-refractivity contribution < 1.29 is 4.74 Å². The van der Waals surface area contributed by atoms with Crippen LogP contribution in [0.5, 0.6) is 0 Å². The van der Waals surface area contributed by atoms with Gasteiger partial charge in [-0.25, -0.2) is 0 Å². The average Bonchev–Trinajstić information content (AvgIpc) is 2.56. The normalized spacial score (nSPS) is 17.9. The van der Waals surface area contributed by atoms with Crippen molar-refractivity contribution in [1.82, 2.24) is 0 Å². The fraction of sp³-hybridized carbons (Fsp3) is 0.333. The summed E-state index contributed by atoms with van der Waals surface area (Å²) in [6.07, 6.45) is 2.04. The van der Waals surface area contributed by atoms with Gasteiger partial charge in [0.25, 0.3) is 0 Å². The first-order valence-corrected chi connectivity index (χ1v) is 7.28. The third-order valence-electron chi connectivity index (χ3n) is 4.45. The van der Waals surface area contributed by atoms with Gasteiger partial charge >= 0.3 is 0 Å². The van der Waals surface area contributed by atoms with Crippen LogP contribution >= 0.6 is 0 Å². The van der Waals surface area contributed by atoms with Crippen molar-refractivity contribution in [3.8, 4) is 11.1 Å². The number of hydrogen-bond acceptors (Lipinski definition) is 2. The molecule has 2 N–H and O–H groups in total. The van der Waals surface area contributed by atoms with Crippen molar-refractivity contribution in [1.29, 1.82) is 0 Å². The maximum absolute atomic E-state index is 6.06. The van der Waals surface area contributed by atoms with Crippen LogP contribution < -0.4 is 5.73 Å². The van der Waals surface area contributed by atoms with E-state index in [0.717, 1.165) is 26.1 Å². The van der Waals surface area contributed by atoms with Gasteiger partial charge in [0, 0.05) is 25.2 Å². The lowest BCUT2D eigenvalue weighted by Crippen LogP contribution is -2.40. The monoisotopic (exact) mass is 267 g/mol. The van der Waals surface area contributed by atoms with E-state index in [4.69, 9.17) is 10.5 Å². The molecule has 1 aliphatic heterocycles. The van der Waals surface area contributed by atoms with Gasteiger partial charge in [-0.1, -0.05) is 54.6 Å². The minimum atomic E-state index is 0.105. The highest BCUT2D eigenvalue weighted by Gasteiger charge is 2.32. The summed E-state index contributed by atoms with van der Waals surface area (Å²) in [6.45, 7) is 2.33. The Labute approximate surface area is 120 Å². The van der Waals surface area contributed by atoms with Crippen LogP contribution in [0, 0.1) is 0 Å². The van der Waals surface area contributed by atoms with Crippen LogP contribution in [-0.2, 0) is 10.2 Å². The molecule has 0 radical (unpaired) electrons. The lowest BCUT2D eigenvalue weighted by atomic mass is 9.74. The number of hydrogen-bond donors (Lipinski definition) is 1. The molecule has 3 rings (SSSR count). The van der Waals surface area contributed by atoms with E-state index in [-0.39, 0.29) is 5.41 Å². The Morgan fingerprint density at radius 1 is 0.850 bits per heavy atom. The molecule has 2 nitrogen and oxygen atoms in total. The molecular formula is C18H21NO. The van der Waals surface area contributed by atoms with Crippen molar-refractivity contribution in [3.05, 3.63) is 60.2 Å². The van der Waals surface area contributed by atoms with Crippen molar-refractivity contribution in [2.24, 2.45) is 5.73 Å². The molecule has 1 heterocycles. The summed E-state index contributed by atoms with van der Waals surface area (Å²) in [7, 11) is 0. The highest BCUT2D eigenvalue weighted by Crippen LogP contribution is 2.34. The molecule has 0 aromatic heterocycles. The molecule has 2 heteroatoms. The quantitative estimate of drug-likeness (QED) is 0.925. The van der Waals surface area contributed by atoms with Crippen molar-refractivity contribution >= 4 is 0 Å². The highest BCUT2D eigenvalue weighted by atomic mass is 16.5. The average molecular weight is 267 g/mol. The molecule has 0 aliphatic carbocycles. The number of benzene rings is 2. The molecule has 1 aliphatic rings. The van der Waals surface area contributed by atoms with Crippen LogP contribution in [0.15, 0.2) is 54.6 Å². The largest absolute Gasteiger partial charge is 0.381 e. The van der Waals surface area contributed by atoms with Crippen molar-refractivity contribution in [2.75, 3.05) is 19.8 Å². The summed E-state index contributed by atoms with van der Waals surface area (Å²) < 4.78 is 5.49. The summed E-state index contributed by atoms with van der Waals surface area (Å²) in [6, 6.07) is 19.4. The Hall–Kier alpha value is -1.64. The van der Waals surface area contributed by atoms with E-state index in [0.29, 0.717) is 6.54 Å². The Morgan fingerprint density at radius 2 is 1.45 bits per heavy atom. The third-order valence-corrected chi connectivity index (χ3v) is 4.45. The number of nitrogens with two attached hydrogens (primary N) is 1. The van der Waals surface area contributed by atoms with Crippen molar-refractivity contribution in [3.63, 3.8) is 0 Å². The lowest BCUT2D eigenvalue weighted by Gasteiger charge is -2.36. The molecule has 2 aromatic carbocycles. The zero-order chi connectivity index (χ0) is 13.8. The first-order valence-electron chi connectivity index (χ1n) is 7.28. The van der Waals surface area contributed by atoms with Crippen molar-refractivity contribution in [2.45, 2.75) is 18.3 Å². The van der Waals surface area contributed by atoms with Crippen LogP contribution in [0.4, 0.5) is 0 Å². The summed E-state index contributed by atoms with van der Waals surface area (Å²) in [5.41, 5.74) is 10.0. The van der Waals surface area contributed by atoms with Crippen LogP contribution in [0.25, 0.3) is 11.1 Å². The predicted octanol–water partition coefficient (Wildman–Crippen LogP) is 3.36. The molecule has 20 heavy (non-hydrogen) atoms. The maximum atomic E-state index is 6.06. The van der Waals surface area contributed by atoms with E-state index in [1.165, 1.54) is 16.7 Å². The minimum absolute atomic E-state index is 0.105. The number of ether oxygens (including phenoxy) is 1. The number of rotatable bonds is 3. The van der Waals surface area contributed by atoms with Gasteiger partial charge in [0.1, 0.15) is 0 Å². The summed E-state index contributed by atoms with van der Waals surface area (Å²) >= 11 is 0. The standard InChI is InChI=1S/C18H21NO/c19-14-18(10-12-20-13-11-18)17-8-6-16(7-9-17)15-4-2-1-3-5-15/h1-9H,10-14,19H2. The molecule has 0 amide bonds.